The van der Waals surface area contributed by atoms with Crippen LogP contribution in [0.1, 0.15) is 45.4 Å². The second-order valence-electron chi connectivity index (χ2n) is 6.48. The molecule has 1 saturated heterocycles. The summed E-state index contributed by atoms with van der Waals surface area (Å²) in [5, 5.41) is 0. The molecule has 3 amide bonds. The highest BCUT2D eigenvalue weighted by molar-refractivity contribution is 9.10. The fourth-order valence-electron chi connectivity index (χ4n) is 3.78. The smallest absolute Gasteiger partial charge is 0.257 e. The van der Waals surface area contributed by atoms with Gasteiger partial charge in [-0.3, -0.25) is 14.4 Å². The molecule has 1 heterocycles. The number of halogens is 1. The van der Waals surface area contributed by atoms with Gasteiger partial charge in [0.15, 0.2) is 0 Å². The minimum Gasteiger partial charge on any atom is -0.327 e. The SMILES string of the molecule is CC(=O)N(C1CCCCC1)C1CC(=O)N(c2ccc(Br)cc2)C1=O. The molecule has 0 spiro atoms. The molecule has 1 saturated carbocycles. The van der Waals surface area contributed by atoms with Crippen molar-refractivity contribution in [1.29, 1.82) is 0 Å². The van der Waals surface area contributed by atoms with E-state index in [1.54, 1.807) is 29.2 Å². The molecule has 128 valence electrons. The molecule has 1 aliphatic heterocycles. The van der Waals surface area contributed by atoms with Crippen LogP contribution in [0.2, 0.25) is 0 Å². The highest BCUT2D eigenvalue weighted by Gasteiger charge is 2.45. The number of rotatable bonds is 3. The largest absolute Gasteiger partial charge is 0.327 e. The average Bonchev–Trinajstić information content (AvgIpc) is 2.84. The average molecular weight is 393 g/mol. The Morgan fingerprint density at radius 1 is 1.12 bits per heavy atom. The van der Waals surface area contributed by atoms with Gasteiger partial charge >= 0.3 is 0 Å². The van der Waals surface area contributed by atoms with E-state index in [0.29, 0.717) is 5.69 Å². The zero-order valence-electron chi connectivity index (χ0n) is 13.7. The first-order valence-corrected chi connectivity index (χ1v) is 9.19. The van der Waals surface area contributed by atoms with Crippen LogP contribution < -0.4 is 4.90 Å². The van der Waals surface area contributed by atoms with Gasteiger partial charge in [0.2, 0.25) is 11.8 Å². The van der Waals surface area contributed by atoms with Gasteiger partial charge in [0.25, 0.3) is 5.91 Å². The van der Waals surface area contributed by atoms with Gasteiger partial charge in [-0.2, -0.15) is 0 Å². The Balaban J connectivity index is 1.85. The van der Waals surface area contributed by atoms with Gasteiger partial charge in [0, 0.05) is 17.4 Å². The predicted octanol–water partition coefficient (Wildman–Crippen LogP) is 3.26. The summed E-state index contributed by atoms with van der Waals surface area (Å²) in [5.74, 6) is -0.650. The van der Waals surface area contributed by atoms with Crippen molar-refractivity contribution in [3.63, 3.8) is 0 Å². The van der Waals surface area contributed by atoms with Crippen molar-refractivity contribution < 1.29 is 14.4 Å². The van der Waals surface area contributed by atoms with Gasteiger partial charge < -0.3 is 4.90 Å². The third-order valence-corrected chi connectivity index (χ3v) is 5.40. The van der Waals surface area contributed by atoms with Crippen LogP contribution in [0.5, 0.6) is 0 Å². The summed E-state index contributed by atoms with van der Waals surface area (Å²) < 4.78 is 0.884. The number of hydrogen-bond donors (Lipinski definition) is 0. The van der Waals surface area contributed by atoms with Crippen LogP contribution in [-0.2, 0) is 14.4 Å². The summed E-state index contributed by atoms with van der Waals surface area (Å²) in [6, 6.07) is 6.48. The third kappa shape index (κ3) is 3.24. The molecule has 5 nitrogen and oxygen atoms in total. The summed E-state index contributed by atoms with van der Waals surface area (Å²) in [6.45, 7) is 1.49. The van der Waals surface area contributed by atoms with E-state index < -0.39 is 6.04 Å². The van der Waals surface area contributed by atoms with Crippen LogP contribution in [0.3, 0.4) is 0 Å². The maximum absolute atomic E-state index is 12.9. The molecule has 0 radical (unpaired) electrons. The minimum atomic E-state index is -0.665. The lowest BCUT2D eigenvalue weighted by Crippen LogP contribution is -2.50. The molecular weight excluding hydrogens is 372 g/mol. The maximum atomic E-state index is 12.9. The zero-order chi connectivity index (χ0) is 17.3. The highest BCUT2D eigenvalue weighted by atomic mass is 79.9. The summed E-state index contributed by atoms with van der Waals surface area (Å²) in [5.41, 5.74) is 0.558. The normalized spacial score (nSPS) is 22.1. The Hall–Kier alpha value is -1.69. The lowest BCUT2D eigenvalue weighted by molar-refractivity contribution is -0.140. The molecule has 2 aliphatic rings. The number of anilines is 1. The van der Waals surface area contributed by atoms with Gasteiger partial charge in [0.05, 0.1) is 12.1 Å². The maximum Gasteiger partial charge on any atom is 0.257 e. The summed E-state index contributed by atoms with van der Waals surface area (Å²) in [4.78, 5) is 40.4. The number of imide groups is 1. The lowest BCUT2D eigenvalue weighted by Gasteiger charge is -2.36. The quantitative estimate of drug-likeness (QED) is 0.741. The van der Waals surface area contributed by atoms with Crippen molar-refractivity contribution in [1.82, 2.24) is 4.90 Å². The van der Waals surface area contributed by atoms with E-state index in [0.717, 1.165) is 30.2 Å². The predicted molar refractivity (Wildman–Crippen MR) is 94.4 cm³/mol. The summed E-state index contributed by atoms with van der Waals surface area (Å²) in [7, 11) is 0. The lowest BCUT2D eigenvalue weighted by atomic mass is 9.92. The molecule has 24 heavy (non-hydrogen) atoms. The first-order valence-electron chi connectivity index (χ1n) is 8.40. The second-order valence-corrected chi connectivity index (χ2v) is 7.40. The van der Waals surface area contributed by atoms with Crippen LogP contribution in [-0.4, -0.2) is 34.7 Å². The first kappa shape index (κ1) is 17.1. The molecule has 1 aromatic carbocycles. The Morgan fingerprint density at radius 3 is 2.33 bits per heavy atom. The number of carbonyl (C=O) groups is 3. The molecule has 1 atom stereocenters. The van der Waals surface area contributed by atoms with Crippen molar-refractivity contribution >= 4 is 39.3 Å². The molecule has 1 unspecified atom stereocenters. The van der Waals surface area contributed by atoms with E-state index in [1.807, 2.05) is 0 Å². The van der Waals surface area contributed by atoms with Crippen molar-refractivity contribution in [3.8, 4) is 0 Å². The van der Waals surface area contributed by atoms with Crippen molar-refractivity contribution in [3.05, 3.63) is 28.7 Å². The van der Waals surface area contributed by atoms with Crippen LogP contribution in [0.15, 0.2) is 28.7 Å². The van der Waals surface area contributed by atoms with Gasteiger partial charge in [-0.25, -0.2) is 4.90 Å². The topological polar surface area (TPSA) is 57.7 Å². The van der Waals surface area contributed by atoms with Crippen LogP contribution in [0.25, 0.3) is 0 Å². The van der Waals surface area contributed by atoms with Crippen molar-refractivity contribution in [2.75, 3.05) is 4.90 Å². The fraction of sp³-hybridized carbons (Fsp3) is 0.500. The molecule has 0 N–H and O–H groups in total. The van der Waals surface area contributed by atoms with Gasteiger partial charge in [-0.15, -0.1) is 0 Å². The van der Waals surface area contributed by atoms with E-state index in [9.17, 15) is 14.4 Å². The first-order chi connectivity index (χ1) is 11.5. The third-order valence-electron chi connectivity index (χ3n) is 4.88. The number of benzene rings is 1. The molecule has 0 aromatic heterocycles. The summed E-state index contributed by atoms with van der Waals surface area (Å²) in [6.07, 6.45) is 5.21. The van der Waals surface area contributed by atoms with Crippen LogP contribution in [0, 0.1) is 0 Å². The molecule has 1 aliphatic carbocycles. The molecule has 6 heteroatoms. The van der Waals surface area contributed by atoms with Crippen LogP contribution >= 0.6 is 15.9 Å². The van der Waals surface area contributed by atoms with E-state index in [2.05, 4.69) is 15.9 Å². The standard InChI is InChI=1S/C18H21BrN2O3/c1-12(22)20(14-5-3-2-4-6-14)16-11-17(23)21(18(16)24)15-9-7-13(19)8-10-15/h7-10,14,16H,2-6,11H2,1H3. The van der Waals surface area contributed by atoms with Crippen LogP contribution in [0.4, 0.5) is 5.69 Å². The minimum absolute atomic E-state index is 0.0721. The molecule has 3 rings (SSSR count). The number of amides is 3. The number of hydrogen-bond acceptors (Lipinski definition) is 3. The van der Waals surface area contributed by atoms with E-state index >= 15 is 0 Å². The second kappa shape index (κ2) is 7.05. The number of carbonyl (C=O) groups excluding carboxylic acids is 3. The van der Waals surface area contributed by atoms with Gasteiger partial charge in [-0.1, -0.05) is 35.2 Å². The molecule has 2 fully saturated rings. The molecule has 1 aromatic rings. The van der Waals surface area contributed by atoms with E-state index in [1.165, 1.54) is 18.2 Å². The molecular formula is C18H21BrN2O3. The summed E-state index contributed by atoms with van der Waals surface area (Å²) >= 11 is 3.35. The Morgan fingerprint density at radius 2 is 1.75 bits per heavy atom. The Bertz CT molecular complexity index is 653. The van der Waals surface area contributed by atoms with E-state index in [-0.39, 0.29) is 30.2 Å². The van der Waals surface area contributed by atoms with Crippen molar-refractivity contribution in [2.24, 2.45) is 0 Å². The van der Waals surface area contributed by atoms with Crippen molar-refractivity contribution in [2.45, 2.75) is 57.5 Å². The fourth-order valence-corrected chi connectivity index (χ4v) is 4.05. The molecule has 0 bridgehead atoms. The Labute approximate surface area is 150 Å². The highest BCUT2D eigenvalue weighted by Crippen LogP contribution is 2.31. The van der Waals surface area contributed by atoms with E-state index in [4.69, 9.17) is 0 Å². The Kier molecular flexibility index (Phi) is 5.04. The zero-order valence-corrected chi connectivity index (χ0v) is 15.3. The van der Waals surface area contributed by atoms with Gasteiger partial charge in [0.1, 0.15) is 6.04 Å². The number of nitrogens with zero attached hydrogens (tertiary/aromatic N) is 2. The van der Waals surface area contributed by atoms with Gasteiger partial charge in [-0.05, 0) is 37.1 Å². The monoisotopic (exact) mass is 392 g/mol.